The third kappa shape index (κ3) is 6.22. The molecule has 0 fully saturated rings. The SMILES string of the molecule is CC(C)(C)c1ccc(-c2nnc(SCC(=O)N/N=C\c3cccc(F)c3)n2-c2ccccc2)cc1. The van der Waals surface area contributed by atoms with E-state index < -0.39 is 0 Å². The summed E-state index contributed by atoms with van der Waals surface area (Å²) < 4.78 is 15.2. The standard InChI is InChI=1S/C27H26FN5OS/c1-27(2,3)21-14-12-20(13-15-21)25-31-32-26(33(25)23-10-5-4-6-11-23)35-18-24(34)30-29-17-19-8-7-9-22(28)16-19/h4-17H,18H2,1-3H3,(H,30,34)/b29-17-. The van der Waals surface area contributed by atoms with Crippen LogP contribution in [0.3, 0.4) is 0 Å². The summed E-state index contributed by atoms with van der Waals surface area (Å²) in [6.07, 6.45) is 1.40. The van der Waals surface area contributed by atoms with E-state index in [1.165, 1.54) is 35.7 Å². The maximum absolute atomic E-state index is 13.3. The number of rotatable bonds is 7. The van der Waals surface area contributed by atoms with Crippen molar-refractivity contribution in [3.8, 4) is 17.1 Å². The topological polar surface area (TPSA) is 72.2 Å². The van der Waals surface area contributed by atoms with E-state index in [1.54, 1.807) is 12.1 Å². The highest BCUT2D eigenvalue weighted by molar-refractivity contribution is 7.99. The minimum atomic E-state index is -0.361. The molecule has 35 heavy (non-hydrogen) atoms. The van der Waals surface area contributed by atoms with Crippen LogP contribution in [0.4, 0.5) is 4.39 Å². The van der Waals surface area contributed by atoms with Gasteiger partial charge in [0.1, 0.15) is 5.82 Å². The van der Waals surface area contributed by atoms with E-state index in [9.17, 15) is 9.18 Å². The lowest BCUT2D eigenvalue weighted by Crippen LogP contribution is -2.20. The van der Waals surface area contributed by atoms with Crippen molar-refractivity contribution < 1.29 is 9.18 Å². The van der Waals surface area contributed by atoms with Gasteiger partial charge in [0, 0.05) is 11.3 Å². The summed E-state index contributed by atoms with van der Waals surface area (Å²) in [5, 5.41) is 13.3. The second-order valence-electron chi connectivity index (χ2n) is 8.94. The first kappa shape index (κ1) is 24.3. The van der Waals surface area contributed by atoms with Gasteiger partial charge in [-0.1, -0.05) is 87.1 Å². The van der Waals surface area contributed by atoms with Gasteiger partial charge in [0.05, 0.1) is 12.0 Å². The van der Waals surface area contributed by atoms with Gasteiger partial charge in [0.2, 0.25) is 0 Å². The van der Waals surface area contributed by atoms with E-state index in [0.29, 0.717) is 16.5 Å². The second-order valence-corrected chi connectivity index (χ2v) is 9.88. The van der Waals surface area contributed by atoms with Gasteiger partial charge in [-0.05, 0) is 40.8 Å². The van der Waals surface area contributed by atoms with Crippen LogP contribution in [0, 0.1) is 5.82 Å². The number of halogens is 1. The highest BCUT2D eigenvalue weighted by Crippen LogP contribution is 2.30. The molecule has 3 aromatic carbocycles. The Bertz CT molecular complexity index is 1330. The molecule has 4 aromatic rings. The Balaban J connectivity index is 1.52. The molecule has 0 aliphatic heterocycles. The van der Waals surface area contributed by atoms with Gasteiger partial charge < -0.3 is 0 Å². The smallest absolute Gasteiger partial charge is 0.250 e. The number of hydrogen-bond donors (Lipinski definition) is 1. The maximum atomic E-state index is 13.3. The molecule has 1 N–H and O–H groups in total. The highest BCUT2D eigenvalue weighted by Gasteiger charge is 2.19. The van der Waals surface area contributed by atoms with Crippen molar-refractivity contribution in [3.63, 3.8) is 0 Å². The maximum Gasteiger partial charge on any atom is 0.250 e. The summed E-state index contributed by atoms with van der Waals surface area (Å²) in [5.41, 5.74) is 6.15. The molecule has 8 heteroatoms. The van der Waals surface area contributed by atoms with Crippen LogP contribution in [0.2, 0.25) is 0 Å². The number of benzene rings is 3. The van der Waals surface area contributed by atoms with Crippen molar-refractivity contribution >= 4 is 23.9 Å². The van der Waals surface area contributed by atoms with Gasteiger partial charge in [-0.15, -0.1) is 10.2 Å². The fraction of sp³-hybridized carbons (Fsp3) is 0.185. The monoisotopic (exact) mass is 487 g/mol. The van der Waals surface area contributed by atoms with E-state index in [2.05, 4.69) is 53.6 Å². The molecule has 1 aromatic heterocycles. The van der Waals surface area contributed by atoms with Crippen molar-refractivity contribution in [2.75, 3.05) is 5.75 Å². The van der Waals surface area contributed by atoms with E-state index in [-0.39, 0.29) is 22.9 Å². The fourth-order valence-corrected chi connectivity index (χ4v) is 4.15. The normalized spacial score (nSPS) is 11.7. The molecule has 0 aliphatic rings. The number of carbonyl (C=O) groups is 1. The minimum absolute atomic E-state index is 0.0527. The van der Waals surface area contributed by atoms with Crippen molar-refractivity contribution in [2.24, 2.45) is 5.10 Å². The number of nitrogens with one attached hydrogen (secondary N) is 1. The van der Waals surface area contributed by atoms with Gasteiger partial charge in [0.25, 0.3) is 5.91 Å². The summed E-state index contributed by atoms with van der Waals surface area (Å²) in [4.78, 5) is 12.4. The van der Waals surface area contributed by atoms with Crippen molar-refractivity contribution in [3.05, 3.63) is 95.8 Å². The Morgan fingerprint density at radius 3 is 2.46 bits per heavy atom. The number of hydrazone groups is 1. The largest absolute Gasteiger partial charge is 0.272 e. The molecule has 1 heterocycles. The van der Waals surface area contributed by atoms with E-state index in [4.69, 9.17) is 0 Å². The summed E-state index contributed by atoms with van der Waals surface area (Å²) >= 11 is 1.27. The number of nitrogens with zero attached hydrogens (tertiary/aromatic N) is 4. The minimum Gasteiger partial charge on any atom is -0.272 e. The van der Waals surface area contributed by atoms with Crippen LogP contribution >= 0.6 is 11.8 Å². The average molecular weight is 488 g/mol. The number of para-hydroxylation sites is 1. The van der Waals surface area contributed by atoms with E-state index >= 15 is 0 Å². The predicted molar refractivity (Wildman–Crippen MR) is 138 cm³/mol. The van der Waals surface area contributed by atoms with Crippen molar-refractivity contribution in [1.29, 1.82) is 0 Å². The molecule has 6 nitrogen and oxygen atoms in total. The molecule has 178 valence electrons. The number of thioether (sulfide) groups is 1. The van der Waals surface area contributed by atoms with Crippen LogP contribution in [-0.2, 0) is 10.2 Å². The van der Waals surface area contributed by atoms with Gasteiger partial charge >= 0.3 is 0 Å². The second kappa shape index (κ2) is 10.7. The Labute approximate surface area is 208 Å². The third-order valence-corrected chi connectivity index (χ3v) is 6.17. The molecule has 0 aliphatic carbocycles. The Kier molecular flexibility index (Phi) is 7.41. The van der Waals surface area contributed by atoms with Gasteiger partial charge in [-0.3, -0.25) is 9.36 Å². The molecule has 1 amide bonds. The predicted octanol–water partition coefficient (Wildman–Crippen LogP) is 5.61. The lowest BCUT2D eigenvalue weighted by atomic mass is 9.87. The number of amides is 1. The van der Waals surface area contributed by atoms with Crippen molar-refractivity contribution in [2.45, 2.75) is 31.3 Å². The highest BCUT2D eigenvalue weighted by atomic mass is 32.2. The Hall–Kier alpha value is -3.78. The summed E-state index contributed by atoms with van der Waals surface area (Å²) in [5.74, 6) is 0.124. The zero-order valence-electron chi connectivity index (χ0n) is 19.8. The van der Waals surface area contributed by atoms with Crippen LogP contribution in [0.1, 0.15) is 31.9 Å². The Morgan fingerprint density at radius 1 is 1.03 bits per heavy atom. The van der Waals surface area contributed by atoms with E-state index in [1.807, 2.05) is 47.0 Å². The quantitative estimate of drug-likeness (QED) is 0.209. The molecule has 0 saturated heterocycles. The first-order chi connectivity index (χ1) is 16.8. The molecular weight excluding hydrogens is 461 g/mol. The van der Waals surface area contributed by atoms with E-state index in [0.717, 1.165) is 11.3 Å². The number of hydrogen-bond acceptors (Lipinski definition) is 5. The summed E-state index contributed by atoms with van der Waals surface area (Å²) in [6.45, 7) is 6.53. The molecular formula is C27H26FN5OS. The van der Waals surface area contributed by atoms with Crippen LogP contribution in [0.5, 0.6) is 0 Å². The lowest BCUT2D eigenvalue weighted by molar-refractivity contribution is -0.118. The van der Waals surface area contributed by atoms with Gasteiger partial charge in [-0.25, -0.2) is 9.82 Å². The summed E-state index contributed by atoms with van der Waals surface area (Å²) in [6, 6.07) is 24.1. The third-order valence-electron chi connectivity index (χ3n) is 5.24. The molecule has 4 rings (SSSR count). The van der Waals surface area contributed by atoms with Crippen LogP contribution in [-0.4, -0.2) is 32.6 Å². The zero-order valence-corrected chi connectivity index (χ0v) is 20.6. The van der Waals surface area contributed by atoms with Gasteiger partial charge in [-0.2, -0.15) is 5.10 Å². The number of aromatic nitrogens is 3. The van der Waals surface area contributed by atoms with Crippen LogP contribution in [0.15, 0.2) is 89.1 Å². The van der Waals surface area contributed by atoms with Crippen molar-refractivity contribution in [1.82, 2.24) is 20.2 Å². The molecule has 0 radical (unpaired) electrons. The fourth-order valence-electron chi connectivity index (χ4n) is 3.41. The van der Waals surface area contributed by atoms with Crippen LogP contribution in [0.25, 0.3) is 17.1 Å². The lowest BCUT2D eigenvalue weighted by Gasteiger charge is -2.19. The zero-order chi connectivity index (χ0) is 24.8. The molecule has 0 saturated carbocycles. The molecule has 0 atom stereocenters. The number of carbonyl (C=O) groups excluding carboxylic acids is 1. The first-order valence-electron chi connectivity index (χ1n) is 11.1. The molecule has 0 spiro atoms. The first-order valence-corrected chi connectivity index (χ1v) is 12.1. The molecule has 0 bridgehead atoms. The molecule has 0 unspecified atom stereocenters. The van der Waals surface area contributed by atoms with Gasteiger partial charge in [0.15, 0.2) is 11.0 Å². The average Bonchev–Trinajstić information content (AvgIpc) is 3.27. The Morgan fingerprint density at radius 2 is 1.77 bits per heavy atom. The summed E-state index contributed by atoms with van der Waals surface area (Å²) in [7, 11) is 0. The van der Waals surface area contributed by atoms with Crippen LogP contribution < -0.4 is 5.43 Å².